The van der Waals surface area contributed by atoms with Crippen molar-refractivity contribution in [3.8, 4) is 5.75 Å². The summed E-state index contributed by atoms with van der Waals surface area (Å²) in [6.45, 7) is 3.71. The minimum absolute atomic E-state index is 0.0279. The summed E-state index contributed by atoms with van der Waals surface area (Å²) < 4.78 is 13.5. The summed E-state index contributed by atoms with van der Waals surface area (Å²) in [5, 5.41) is 61.2. The van der Waals surface area contributed by atoms with Crippen molar-refractivity contribution in [3.05, 3.63) is 40.7 Å². The van der Waals surface area contributed by atoms with Gasteiger partial charge >= 0.3 is 5.97 Å². The average Bonchev–Trinajstić information content (AvgIpc) is 3.61. The molecule has 6 atom stereocenters. The summed E-state index contributed by atoms with van der Waals surface area (Å²) in [5.41, 5.74) is 0.576. The Bertz CT molecular complexity index is 1590. The number of benzene rings is 1. The number of hydrogen-bond acceptors (Lipinski definition) is 11. The van der Waals surface area contributed by atoms with Crippen molar-refractivity contribution in [2.75, 3.05) is 19.7 Å². The molecule has 0 spiro atoms. The number of fused-ring (bicyclic) bond motifs is 17. The van der Waals surface area contributed by atoms with E-state index in [1.807, 2.05) is 0 Å². The summed E-state index contributed by atoms with van der Waals surface area (Å²) >= 11 is 0. The van der Waals surface area contributed by atoms with Crippen molar-refractivity contribution >= 4 is 23.7 Å². The van der Waals surface area contributed by atoms with Gasteiger partial charge in [0.1, 0.15) is 24.5 Å². The lowest BCUT2D eigenvalue weighted by Crippen LogP contribution is -2.67. The molecule has 4 bridgehead atoms. The van der Waals surface area contributed by atoms with Crippen LogP contribution in [-0.2, 0) is 25.7 Å². The SMILES string of the molecule is Cc1cc2cc(C)c1OCCCNC(=O)CCCCCC[C@]1(C(=O)O)C[C@H](O)[C@@H](NC(=O)Cn3cc(C4CCCCC4)nn3)[C@@H](O1)[C@H](O)[C@H](O)CNC2=O. The molecule has 6 rings (SSSR count). The van der Waals surface area contributed by atoms with E-state index in [0.717, 1.165) is 31.4 Å². The number of amides is 3. The van der Waals surface area contributed by atoms with Crippen LogP contribution in [0.3, 0.4) is 0 Å². The van der Waals surface area contributed by atoms with Gasteiger partial charge < -0.3 is 45.9 Å². The molecule has 7 N–H and O–H groups in total. The van der Waals surface area contributed by atoms with Crippen LogP contribution in [-0.4, -0.2) is 115 Å². The molecular formula is C38H56N6O10. The van der Waals surface area contributed by atoms with E-state index in [0.29, 0.717) is 74.1 Å². The highest BCUT2D eigenvalue weighted by molar-refractivity contribution is 5.95. The molecule has 4 heterocycles. The van der Waals surface area contributed by atoms with E-state index in [4.69, 9.17) is 9.47 Å². The van der Waals surface area contributed by atoms with E-state index >= 15 is 0 Å². The standard InChI is InChI=1S/C38H56N6O10/c1-23-17-26-18-24(2)34(23)53-16-10-15-39-30(47)13-8-3-4-9-14-38(37(51)52)19-28(45)32(35(54-38)33(49)29(46)20-40-36(26)50)41-31(48)22-44-21-27(42-43-44)25-11-6-5-7-12-25/h17-18,21,25,28-29,32-33,35,45-46,49H,3-16,19-20,22H2,1-2H3,(H,39,47)(H,40,50)(H,41,48)(H,51,52)/t28-,29+,32+,33+,35+,38+/m0/s1. The molecule has 16 nitrogen and oxygen atoms in total. The second kappa shape index (κ2) is 19.0. The Kier molecular flexibility index (Phi) is 14.4. The lowest BCUT2D eigenvalue weighted by atomic mass is 9.80. The Hall–Kier alpha value is -4.12. The van der Waals surface area contributed by atoms with Crippen molar-refractivity contribution in [1.82, 2.24) is 30.9 Å². The summed E-state index contributed by atoms with van der Waals surface area (Å²) in [4.78, 5) is 51.8. The number of aliphatic hydroxyl groups is 3. The monoisotopic (exact) mass is 756 g/mol. The van der Waals surface area contributed by atoms with Gasteiger partial charge in [0.2, 0.25) is 11.8 Å². The molecule has 0 radical (unpaired) electrons. The molecule has 1 saturated heterocycles. The maximum atomic E-state index is 13.4. The Labute approximate surface area is 315 Å². The van der Waals surface area contributed by atoms with E-state index in [2.05, 4.69) is 26.3 Å². The number of nitrogens with one attached hydrogen (secondary N) is 3. The number of carboxylic acid groups (broad SMARTS) is 1. The van der Waals surface area contributed by atoms with Crippen LogP contribution in [0.1, 0.15) is 117 Å². The van der Waals surface area contributed by atoms with Crippen LogP contribution >= 0.6 is 0 Å². The molecule has 3 aliphatic heterocycles. The zero-order valence-electron chi connectivity index (χ0n) is 31.3. The molecule has 1 saturated carbocycles. The molecule has 2 fully saturated rings. The van der Waals surface area contributed by atoms with Crippen molar-refractivity contribution < 1.29 is 49.1 Å². The summed E-state index contributed by atoms with van der Waals surface area (Å²) in [6.07, 6.45) is 3.23. The minimum Gasteiger partial charge on any atom is -0.493 e. The minimum atomic E-state index is -1.94. The maximum Gasteiger partial charge on any atom is 0.336 e. The Balaban J connectivity index is 1.34. The zero-order chi connectivity index (χ0) is 38.8. The quantitative estimate of drug-likeness (QED) is 0.231. The largest absolute Gasteiger partial charge is 0.493 e. The summed E-state index contributed by atoms with van der Waals surface area (Å²) in [7, 11) is 0. The molecule has 1 aliphatic carbocycles. The second-order valence-corrected chi connectivity index (χ2v) is 15.1. The molecule has 1 aromatic carbocycles. The molecule has 4 aliphatic rings. The number of ether oxygens (including phenoxy) is 2. The summed E-state index contributed by atoms with van der Waals surface area (Å²) in [5.74, 6) is -1.68. The third kappa shape index (κ3) is 10.5. The molecule has 16 heteroatoms. The predicted octanol–water partition coefficient (Wildman–Crippen LogP) is 1.79. The van der Waals surface area contributed by atoms with Gasteiger partial charge in [-0.15, -0.1) is 5.10 Å². The number of aromatic nitrogens is 3. The third-order valence-corrected chi connectivity index (χ3v) is 10.8. The molecule has 298 valence electrons. The van der Waals surface area contributed by atoms with Gasteiger partial charge in [0.25, 0.3) is 5.91 Å². The van der Waals surface area contributed by atoms with Crippen LogP contribution in [0.4, 0.5) is 0 Å². The molecule has 54 heavy (non-hydrogen) atoms. The highest BCUT2D eigenvalue weighted by Crippen LogP contribution is 2.37. The Morgan fingerprint density at radius 1 is 0.963 bits per heavy atom. The number of carbonyl (C=O) groups is 4. The Morgan fingerprint density at radius 3 is 2.39 bits per heavy atom. The summed E-state index contributed by atoms with van der Waals surface area (Å²) in [6, 6.07) is 1.96. The number of aryl methyl sites for hydroxylation is 2. The fraction of sp³-hybridized carbons (Fsp3) is 0.684. The van der Waals surface area contributed by atoms with Gasteiger partial charge in [-0.25, -0.2) is 9.48 Å². The van der Waals surface area contributed by atoms with Crippen LogP contribution in [0.5, 0.6) is 5.75 Å². The van der Waals surface area contributed by atoms with Gasteiger partial charge in [0.05, 0.1) is 30.6 Å². The number of aliphatic hydroxyl groups excluding tert-OH is 3. The highest BCUT2D eigenvalue weighted by Gasteiger charge is 2.54. The number of nitrogens with zero attached hydrogens (tertiary/aromatic N) is 3. The van der Waals surface area contributed by atoms with Crippen molar-refractivity contribution in [3.63, 3.8) is 0 Å². The van der Waals surface area contributed by atoms with Crippen LogP contribution in [0.2, 0.25) is 0 Å². The highest BCUT2D eigenvalue weighted by atomic mass is 16.6. The lowest BCUT2D eigenvalue weighted by molar-refractivity contribution is -0.229. The van der Waals surface area contributed by atoms with Crippen LogP contribution < -0.4 is 20.7 Å². The van der Waals surface area contributed by atoms with Crippen molar-refractivity contribution in [2.45, 2.75) is 146 Å². The molecular weight excluding hydrogens is 700 g/mol. The molecule has 1 aromatic heterocycles. The average molecular weight is 757 g/mol. The number of rotatable bonds is 5. The first-order valence-corrected chi connectivity index (χ1v) is 19.3. The smallest absolute Gasteiger partial charge is 0.336 e. The Morgan fingerprint density at radius 2 is 1.67 bits per heavy atom. The van der Waals surface area contributed by atoms with E-state index < -0.39 is 60.4 Å². The molecule has 2 aromatic rings. The zero-order valence-corrected chi connectivity index (χ0v) is 31.3. The predicted molar refractivity (Wildman–Crippen MR) is 195 cm³/mol. The number of carbonyl (C=O) groups excluding carboxylic acids is 3. The van der Waals surface area contributed by atoms with Crippen molar-refractivity contribution in [2.24, 2.45) is 0 Å². The van der Waals surface area contributed by atoms with Gasteiger partial charge in [-0.1, -0.05) is 37.3 Å². The molecule has 3 amide bonds. The first-order chi connectivity index (χ1) is 25.9. The molecule has 0 unspecified atom stereocenters. The first kappa shape index (κ1) is 41.1. The van der Waals surface area contributed by atoms with Gasteiger partial charge in [-0.05, 0) is 75.6 Å². The topological polar surface area (TPSA) is 234 Å². The van der Waals surface area contributed by atoms with E-state index in [9.17, 15) is 39.6 Å². The van der Waals surface area contributed by atoms with Crippen molar-refractivity contribution in [1.29, 1.82) is 0 Å². The van der Waals surface area contributed by atoms with Crippen LogP contribution in [0.15, 0.2) is 18.3 Å². The number of carboxylic acids is 1. The third-order valence-electron chi connectivity index (χ3n) is 10.8. The van der Waals surface area contributed by atoms with Gasteiger partial charge in [0, 0.05) is 43.6 Å². The maximum absolute atomic E-state index is 13.4. The van der Waals surface area contributed by atoms with E-state index in [1.165, 1.54) is 11.1 Å². The van der Waals surface area contributed by atoms with Crippen LogP contribution in [0, 0.1) is 13.8 Å². The first-order valence-electron chi connectivity index (χ1n) is 19.3. The normalized spacial score (nSPS) is 28.6. The van der Waals surface area contributed by atoms with E-state index in [-0.39, 0.29) is 31.2 Å². The number of aliphatic carboxylic acids is 1. The fourth-order valence-electron chi connectivity index (χ4n) is 7.85. The van der Waals surface area contributed by atoms with Gasteiger partial charge in [0.15, 0.2) is 5.60 Å². The second-order valence-electron chi connectivity index (χ2n) is 15.1. The van der Waals surface area contributed by atoms with Gasteiger partial charge in [-0.2, -0.15) is 0 Å². The van der Waals surface area contributed by atoms with Crippen LogP contribution in [0.25, 0.3) is 0 Å². The lowest BCUT2D eigenvalue weighted by Gasteiger charge is -2.47. The number of hydrogen-bond donors (Lipinski definition) is 7. The van der Waals surface area contributed by atoms with E-state index in [1.54, 1.807) is 32.2 Å². The fourth-order valence-corrected chi connectivity index (χ4v) is 7.85. The van der Waals surface area contributed by atoms with Gasteiger partial charge in [-0.3, -0.25) is 14.4 Å².